The fraction of sp³-hybridized carbons (Fsp3) is 0.370. The molecule has 16 heteroatoms. The SMILES string of the molecule is CC(=O)Nc1cc(-c2cccc(Cl)c2)cnc1C(=O)N1CCC(OC2CCN(CC(=O)N3CCN(C(=O)c4cc(Cc5n[nH]c(=O)c6ccccc56)ccc4F)CC3)CC2)CC1. The fourth-order valence-corrected chi connectivity index (χ4v) is 8.72. The second-order valence-corrected chi connectivity index (χ2v) is 16.6. The molecule has 5 aromatic rings. The van der Waals surface area contributed by atoms with Crippen molar-refractivity contribution in [2.75, 3.05) is 64.2 Å². The van der Waals surface area contributed by atoms with Crippen LogP contribution in [0.2, 0.25) is 5.02 Å². The van der Waals surface area contributed by atoms with Gasteiger partial charge in [-0.1, -0.05) is 48.0 Å². The molecule has 0 atom stereocenters. The van der Waals surface area contributed by atoms with E-state index < -0.39 is 11.7 Å². The summed E-state index contributed by atoms with van der Waals surface area (Å²) in [4.78, 5) is 76.5. The fourth-order valence-electron chi connectivity index (χ4n) is 8.53. The zero-order valence-electron chi connectivity index (χ0n) is 34.4. The molecule has 4 amide bonds. The van der Waals surface area contributed by atoms with Crippen LogP contribution in [-0.2, 0) is 20.7 Å². The minimum Gasteiger partial charge on any atom is -0.375 e. The third kappa shape index (κ3) is 9.85. The third-order valence-corrected chi connectivity index (χ3v) is 12.1. The molecule has 322 valence electrons. The molecule has 0 radical (unpaired) electrons. The number of likely N-dealkylation sites (tertiary alicyclic amines) is 2. The van der Waals surface area contributed by atoms with Gasteiger partial charge >= 0.3 is 0 Å². The van der Waals surface area contributed by atoms with E-state index in [9.17, 15) is 24.0 Å². The Morgan fingerprint density at radius 1 is 0.790 bits per heavy atom. The van der Waals surface area contributed by atoms with Crippen molar-refractivity contribution in [1.82, 2.24) is 34.8 Å². The van der Waals surface area contributed by atoms with Gasteiger partial charge in [0.2, 0.25) is 11.8 Å². The Kier molecular flexibility index (Phi) is 13.0. The highest BCUT2D eigenvalue weighted by molar-refractivity contribution is 6.30. The number of anilines is 1. The summed E-state index contributed by atoms with van der Waals surface area (Å²) in [5, 5.41) is 11.3. The molecule has 2 aromatic heterocycles. The molecule has 0 saturated carbocycles. The van der Waals surface area contributed by atoms with Gasteiger partial charge in [0.05, 0.1) is 41.1 Å². The number of nitrogens with one attached hydrogen (secondary N) is 2. The molecule has 3 aromatic carbocycles. The molecular weight excluding hydrogens is 815 g/mol. The van der Waals surface area contributed by atoms with Crippen molar-refractivity contribution in [2.24, 2.45) is 0 Å². The van der Waals surface area contributed by atoms with Gasteiger partial charge < -0.3 is 24.8 Å². The summed E-state index contributed by atoms with van der Waals surface area (Å²) < 4.78 is 21.5. The smallest absolute Gasteiger partial charge is 0.274 e. The Labute approximate surface area is 363 Å². The lowest BCUT2D eigenvalue weighted by Gasteiger charge is -2.38. The molecule has 0 aliphatic carbocycles. The van der Waals surface area contributed by atoms with Crippen LogP contribution in [0, 0.1) is 5.82 Å². The highest BCUT2D eigenvalue weighted by atomic mass is 35.5. The number of benzene rings is 3. The number of rotatable bonds is 10. The van der Waals surface area contributed by atoms with Crippen molar-refractivity contribution >= 4 is 51.7 Å². The Bertz CT molecular complexity index is 2550. The van der Waals surface area contributed by atoms with E-state index in [0.717, 1.165) is 37.1 Å². The minimum atomic E-state index is -0.617. The van der Waals surface area contributed by atoms with Crippen LogP contribution in [0.5, 0.6) is 0 Å². The number of hydrogen-bond donors (Lipinski definition) is 2. The van der Waals surface area contributed by atoms with E-state index in [1.54, 1.807) is 63.4 Å². The van der Waals surface area contributed by atoms with Crippen LogP contribution in [0.4, 0.5) is 10.1 Å². The first-order chi connectivity index (χ1) is 30.0. The number of carbonyl (C=O) groups is 4. The predicted molar refractivity (Wildman–Crippen MR) is 233 cm³/mol. The number of piperazine rings is 1. The van der Waals surface area contributed by atoms with Crippen molar-refractivity contribution in [3.05, 3.63) is 123 Å². The number of nitrogens with zero attached hydrogens (tertiary/aromatic N) is 6. The number of carbonyl (C=O) groups excluding carboxylic acids is 4. The van der Waals surface area contributed by atoms with E-state index in [0.29, 0.717) is 91.3 Å². The van der Waals surface area contributed by atoms with E-state index in [2.05, 4.69) is 25.4 Å². The van der Waals surface area contributed by atoms with Crippen LogP contribution in [-0.4, -0.2) is 130 Å². The number of aromatic amines is 1. The van der Waals surface area contributed by atoms with Crippen LogP contribution in [0.15, 0.2) is 83.8 Å². The maximum absolute atomic E-state index is 15.0. The van der Waals surface area contributed by atoms with Crippen molar-refractivity contribution in [3.63, 3.8) is 0 Å². The molecule has 8 rings (SSSR count). The maximum atomic E-state index is 15.0. The number of pyridine rings is 1. The van der Waals surface area contributed by atoms with E-state index in [1.165, 1.54) is 13.0 Å². The average Bonchev–Trinajstić information content (AvgIpc) is 3.28. The van der Waals surface area contributed by atoms with Crippen molar-refractivity contribution in [3.8, 4) is 11.1 Å². The van der Waals surface area contributed by atoms with Crippen molar-refractivity contribution in [2.45, 2.75) is 51.2 Å². The molecule has 5 heterocycles. The molecule has 0 bridgehead atoms. The van der Waals surface area contributed by atoms with E-state index in [4.69, 9.17) is 16.3 Å². The molecule has 3 aliphatic rings. The second-order valence-electron chi connectivity index (χ2n) is 16.1. The van der Waals surface area contributed by atoms with Crippen molar-refractivity contribution in [1.29, 1.82) is 0 Å². The van der Waals surface area contributed by atoms with Gasteiger partial charge in [0.15, 0.2) is 5.69 Å². The molecule has 14 nitrogen and oxygen atoms in total. The van der Waals surface area contributed by atoms with E-state index >= 15 is 4.39 Å². The van der Waals surface area contributed by atoms with Crippen LogP contribution >= 0.6 is 11.6 Å². The Hall–Kier alpha value is -6.03. The van der Waals surface area contributed by atoms with Crippen LogP contribution in [0.1, 0.15) is 64.7 Å². The first-order valence-corrected chi connectivity index (χ1v) is 21.4. The number of H-pyrrole nitrogens is 1. The van der Waals surface area contributed by atoms with Gasteiger partial charge in [-0.2, -0.15) is 5.10 Å². The molecule has 3 fully saturated rings. The lowest BCUT2D eigenvalue weighted by molar-refractivity contribution is -0.135. The van der Waals surface area contributed by atoms with E-state index in [1.807, 2.05) is 24.3 Å². The summed E-state index contributed by atoms with van der Waals surface area (Å²) in [7, 11) is 0. The Morgan fingerprint density at radius 2 is 1.47 bits per heavy atom. The van der Waals surface area contributed by atoms with Gasteiger partial charge in [0.25, 0.3) is 17.4 Å². The number of fused-ring (bicyclic) bond motifs is 1. The lowest BCUT2D eigenvalue weighted by atomic mass is 10.0. The quantitative estimate of drug-likeness (QED) is 0.188. The van der Waals surface area contributed by atoms with Gasteiger partial charge in [-0.25, -0.2) is 14.5 Å². The minimum absolute atomic E-state index is 0.00225. The molecule has 3 saturated heterocycles. The molecule has 0 unspecified atom stereocenters. The van der Waals surface area contributed by atoms with Gasteiger partial charge in [0.1, 0.15) is 5.82 Å². The maximum Gasteiger partial charge on any atom is 0.274 e. The molecular formula is C46H48ClFN8O6. The van der Waals surface area contributed by atoms with Crippen LogP contribution in [0.3, 0.4) is 0 Å². The van der Waals surface area contributed by atoms with Gasteiger partial charge in [0, 0.05) is 87.9 Å². The molecule has 0 spiro atoms. The first-order valence-electron chi connectivity index (χ1n) is 21.0. The monoisotopic (exact) mass is 862 g/mol. The predicted octanol–water partition coefficient (Wildman–Crippen LogP) is 5.40. The van der Waals surface area contributed by atoms with Crippen molar-refractivity contribution < 1.29 is 28.3 Å². The summed E-state index contributed by atoms with van der Waals surface area (Å²) >= 11 is 6.18. The van der Waals surface area contributed by atoms with Gasteiger partial charge in [-0.15, -0.1) is 0 Å². The largest absolute Gasteiger partial charge is 0.375 e. The van der Waals surface area contributed by atoms with Gasteiger partial charge in [-0.05, 0) is 73.2 Å². The standard InChI is InChI=1S/C46H48ClFN8O6/c1-29(57)50-41-26-32(31-5-4-6-33(47)25-31)27-49-43(41)46(61)55-17-13-35(14-18-55)62-34-11-15-53(16-12-34)28-42(58)54-19-21-56(22-20-54)45(60)38-23-30(9-10-39(38)48)24-40-36-7-2-3-8-37(36)44(59)52-51-40/h2-10,23,25-27,34-35H,11-22,24,28H2,1H3,(H,50,57)(H,52,59). The third-order valence-electron chi connectivity index (χ3n) is 11.9. The zero-order valence-corrected chi connectivity index (χ0v) is 35.2. The number of aromatic nitrogens is 3. The van der Waals surface area contributed by atoms with Crippen LogP contribution < -0.4 is 10.9 Å². The summed E-state index contributed by atoms with van der Waals surface area (Å²) in [6.07, 6.45) is 4.92. The molecule has 2 N–H and O–H groups in total. The highest BCUT2D eigenvalue weighted by Crippen LogP contribution is 2.29. The number of ether oxygens (including phenoxy) is 1. The summed E-state index contributed by atoms with van der Waals surface area (Å²) in [6, 6.07) is 20.6. The summed E-state index contributed by atoms with van der Waals surface area (Å²) in [6.45, 7) is 5.42. The number of piperidine rings is 2. The highest BCUT2D eigenvalue weighted by Gasteiger charge is 2.32. The first kappa shape index (κ1) is 42.7. The number of hydrogen-bond acceptors (Lipinski definition) is 9. The van der Waals surface area contributed by atoms with E-state index in [-0.39, 0.29) is 53.3 Å². The topological polar surface area (TPSA) is 161 Å². The van der Waals surface area contributed by atoms with Gasteiger partial charge in [-0.3, -0.25) is 28.9 Å². The molecule has 62 heavy (non-hydrogen) atoms. The zero-order chi connectivity index (χ0) is 43.3. The summed E-state index contributed by atoms with van der Waals surface area (Å²) in [5.41, 5.74) is 3.07. The normalized spacial score (nSPS) is 16.7. The number of amides is 4. The Morgan fingerprint density at radius 3 is 2.18 bits per heavy atom. The second kappa shape index (κ2) is 18.9. The Balaban J connectivity index is 0.770. The average molecular weight is 863 g/mol. The molecule has 3 aliphatic heterocycles. The summed E-state index contributed by atoms with van der Waals surface area (Å²) in [5.74, 6) is -1.60. The lowest BCUT2D eigenvalue weighted by Crippen LogP contribution is -2.53. The number of halogens is 2. The van der Waals surface area contributed by atoms with Crippen LogP contribution in [0.25, 0.3) is 21.9 Å².